The molecule has 5 rings (SSSR count). The molecule has 2 N–H and O–H groups in total. The van der Waals surface area contributed by atoms with Gasteiger partial charge in [0.25, 0.3) is 11.9 Å². The number of anilines is 2. The minimum absolute atomic E-state index is 0.0488. The molecule has 3 aromatic heterocycles. The third kappa shape index (κ3) is 4.56. The summed E-state index contributed by atoms with van der Waals surface area (Å²) >= 11 is 0. The van der Waals surface area contributed by atoms with Crippen LogP contribution in [0, 0.1) is 19.7 Å². The minimum atomic E-state index is -4.53. The normalized spacial score (nSPS) is 15.6. The first-order valence-corrected chi connectivity index (χ1v) is 10.5. The Hall–Kier alpha value is -4.49. The molecule has 1 amide bonds. The van der Waals surface area contributed by atoms with Crippen molar-refractivity contribution in [3.05, 3.63) is 60.0 Å². The quantitative estimate of drug-likeness (QED) is 0.402. The lowest BCUT2D eigenvalue weighted by molar-refractivity contribution is -0.190. The predicted octanol–water partition coefficient (Wildman–Crippen LogP) is 4.12. The van der Waals surface area contributed by atoms with Crippen LogP contribution in [0.25, 0.3) is 17.0 Å². The Morgan fingerprint density at radius 3 is 2.67 bits per heavy atom. The fraction of sp³-hybridized carbons (Fsp3) is 0.227. The molecule has 0 bridgehead atoms. The number of carbonyl (C=O) groups is 1. The van der Waals surface area contributed by atoms with Gasteiger partial charge in [0.1, 0.15) is 5.82 Å². The molecule has 10 nitrogen and oxygen atoms in total. The smallest absolute Gasteiger partial charge is 0.427 e. The molecule has 36 heavy (non-hydrogen) atoms. The van der Waals surface area contributed by atoms with Gasteiger partial charge in [0.2, 0.25) is 17.6 Å². The van der Waals surface area contributed by atoms with E-state index in [-0.39, 0.29) is 34.5 Å². The molecule has 4 heterocycles. The van der Waals surface area contributed by atoms with E-state index in [0.717, 1.165) is 0 Å². The minimum Gasteiger partial charge on any atom is -0.450 e. The van der Waals surface area contributed by atoms with Gasteiger partial charge in [0, 0.05) is 30.6 Å². The number of hydrogen-bond acceptors (Lipinski definition) is 8. The molecule has 0 fully saturated rings. The lowest BCUT2D eigenvalue weighted by Gasteiger charge is -2.14. The number of alkyl halides is 3. The van der Waals surface area contributed by atoms with Crippen LogP contribution in [0.3, 0.4) is 0 Å². The number of aryl methyl sites for hydroxylation is 2. The lowest BCUT2D eigenvalue weighted by atomic mass is 10.1. The van der Waals surface area contributed by atoms with E-state index in [1.807, 2.05) is 0 Å². The van der Waals surface area contributed by atoms with E-state index in [4.69, 9.17) is 9.15 Å². The average molecular weight is 503 g/mol. The molecule has 1 atom stereocenters. The van der Waals surface area contributed by atoms with Crippen molar-refractivity contribution in [3.63, 3.8) is 0 Å². The number of benzene rings is 1. The molecule has 4 aromatic rings. The average Bonchev–Trinajstić information content (AvgIpc) is 3.52. The van der Waals surface area contributed by atoms with E-state index in [0.29, 0.717) is 17.3 Å². The second kappa shape index (κ2) is 8.62. The molecular weight excluding hydrogens is 486 g/mol. The van der Waals surface area contributed by atoms with Crippen LogP contribution in [-0.4, -0.2) is 50.1 Å². The second-order valence-electron chi connectivity index (χ2n) is 7.89. The van der Waals surface area contributed by atoms with Crippen molar-refractivity contribution in [2.75, 3.05) is 17.2 Å². The number of aliphatic imine (C=N–C) groups is 1. The number of amidine groups is 1. The Balaban J connectivity index is 1.36. The van der Waals surface area contributed by atoms with Crippen molar-refractivity contribution >= 4 is 29.1 Å². The van der Waals surface area contributed by atoms with Crippen molar-refractivity contribution in [1.29, 1.82) is 0 Å². The Morgan fingerprint density at radius 2 is 1.97 bits per heavy atom. The molecule has 0 saturated heterocycles. The topological polar surface area (TPSA) is 119 Å². The summed E-state index contributed by atoms with van der Waals surface area (Å²) in [6.45, 7) is 2.71. The molecule has 0 aliphatic carbocycles. The van der Waals surface area contributed by atoms with Gasteiger partial charge in [0.15, 0.2) is 5.89 Å². The number of fused-ring (bicyclic) bond motifs is 1. The number of aromatic nitrogens is 4. The zero-order valence-electron chi connectivity index (χ0n) is 18.7. The predicted molar refractivity (Wildman–Crippen MR) is 119 cm³/mol. The van der Waals surface area contributed by atoms with E-state index >= 15 is 0 Å². The summed E-state index contributed by atoms with van der Waals surface area (Å²) in [7, 11) is 0. The molecule has 186 valence electrons. The van der Waals surface area contributed by atoms with Crippen molar-refractivity contribution in [3.8, 4) is 11.3 Å². The molecule has 0 saturated carbocycles. The third-order valence-corrected chi connectivity index (χ3v) is 5.19. The maximum Gasteiger partial charge on any atom is 0.427 e. The second-order valence-corrected chi connectivity index (χ2v) is 7.89. The SMILES string of the molecule is Cc1nc(C)c(C(=O)Nc2ccc(F)c(-c3cn4cc(NC5=NCC(C(F)(F)F)O5)cnc4n3)c2)o1. The monoisotopic (exact) mass is 503 g/mol. The molecule has 14 heteroatoms. The van der Waals surface area contributed by atoms with Crippen LogP contribution in [0.4, 0.5) is 28.9 Å². The van der Waals surface area contributed by atoms with Gasteiger partial charge in [-0.25, -0.2) is 24.3 Å². The van der Waals surface area contributed by atoms with Gasteiger partial charge in [-0.05, 0) is 25.1 Å². The Kier molecular flexibility index (Phi) is 5.57. The zero-order chi connectivity index (χ0) is 25.6. The van der Waals surface area contributed by atoms with Crippen molar-refractivity contribution in [1.82, 2.24) is 19.4 Å². The van der Waals surface area contributed by atoms with Gasteiger partial charge < -0.3 is 19.8 Å². The van der Waals surface area contributed by atoms with Crippen LogP contribution < -0.4 is 10.6 Å². The molecule has 1 aliphatic rings. The number of rotatable bonds is 4. The first-order valence-electron chi connectivity index (χ1n) is 10.5. The van der Waals surface area contributed by atoms with Gasteiger partial charge in [-0.15, -0.1) is 0 Å². The number of amides is 1. The van der Waals surface area contributed by atoms with Gasteiger partial charge in [-0.3, -0.25) is 9.20 Å². The van der Waals surface area contributed by atoms with Crippen molar-refractivity contribution in [2.24, 2.45) is 4.99 Å². The number of imidazole rings is 1. The molecule has 1 unspecified atom stereocenters. The van der Waals surface area contributed by atoms with Crippen LogP contribution in [0.2, 0.25) is 0 Å². The molecule has 0 radical (unpaired) electrons. The first kappa shape index (κ1) is 23.3. The van der Waals surface area contributed by atoms with Crippen LogP contribution in [0.5, 0.6) is 0 Å². The highest BCUT2D eigenvalue weighted by molar-refractivity contribution is 6.03. The number of ether oxygens (including phenoxy) is 1. The summed E-state index contributed by atoms with van der Waals surface area (Å²) in [5.74, 6) is -0.529. The number of carbonyl (C=O) groups excluding carboxylic acids is 1. The van der Waals surface area contributed by atoms with Crippen LogP contribution in [0.1, 0.15) is 22.1 Å². The van der Waals surface area contributed by atoms with Crippen molar-refractivity contribution in [2.45, 2.75) is 26.1 Å². The third-order valence-electron chi connectivity index (χ3n) is 5.19. The maximum absolute atomic E-state index is 14.6. The summed E-state index contributed by atoms with van der Waals surface area (Å²) in [6.07, 6.45) is -2.24. The van der Waals surface area contributed by atoms with Crippen molar-refractivity contribution < 1.29 is 31.5 Å². The van der Waals surface area contributed by atoms with Gasteiger partial charge >= 0.3 is 6.18 Å². The summed E-state index contributed by atoms with van der Waals surface area (Å²) in [5, 5.41) is 5.27. The van der Waals surface area contributed by atoms with Crippen LogP contribution >= 0.6 is 0 Å². The number of oxazole rings is 1. The number of halogens is 4. The number of nitrogens with zero attached hydrogens (tertiary/aromatic N) is 5. The number of nitrogens with one attached hydrogen (secondary N) is 2. The Morgan fingerprint density at radius 1 is 1.17 bits per heavy atom. The standard InChI is InChI=1S/C22H17F4N7O3/c1-10-18(35-11(2)29-10)19(34)30-12-3-4-15(23)14(5-12)16-9-33-8-13(6-27-20(33)32-16)31-21-28-7-17(36-21)22(24,25)26/h3-6,8-9,17H,7H2,1-2H3,(H,28,31)(H,30,34). The van der Waals surface area contributed by atoms with Gasteiger partial charge in [0.05, 0.1) is 29.8 Å². The highest BCUT2D eigenvalue weighted by atomic mass is 19.4. The van der Waals surface area contributed by atoms with E-state index in [2.05, 4.69) is 30.6 Å². The highest BCUT2D eigenvalue weighted by Crippen LogP contribution is 2.28. The highest BCUT2D eigenvalue weighted by Gasteiger charge is 2.44. The molecular formula is C22H17F4N7O3. The molecule has 1 aromatic carbocycles. The molecule has 0 spiro atoms. The largest absolute Gasteiger partial charge is 0.450 e. The lowest BCUT2D eigenvalue weighted by Crippen LogP contribution is -2.33. The van der Waals surface area contributed by atoms with E-state index < -0.39 is 30.5 Å². The van der Waals surface area contributed by atoms with E-state index in [9.17, 15) is 22.4 Å². The van der Waals surface area contributed by atoms with E-state index in [1.165, 1.54) is 41.2 Å². The summed E-state index contributed by atoms with van der Waals surface area (Å²) in [4.78, 5) is 28.7. The fourth-order valence-electron chi connectivity index (χ4n) is 3.55. The summed E-state index contributed by atoms with van der Waals surface area (Å²) in [6, 6.07) is 3.69. The molecule has 1 aliphatic heterocycles. The number of hydrogen-bond donors (Lipinski definition) is 2. The van der Waals surface area contributed by atoms with Gasteiger partial charge in [-0.1, -0.05) is 0 Å². The summed E-state index contributed by atoms with van der Waals surface area (Å²) < 4.78 is 64.5. The van der Waals surface area contributed by atoms with Crippen LogP contribution in [-0.2, 0) is 4.74 Å². The fourth-order valence-corrected chi connectivity index (χ4v) is 3.55. The Bertz CT molecular complexity index is 1510. The Labute approximate surface area is 200 Å². The van der Waals surface area contributed by atoms with Gasteiger partial charge in [-0.2, -0.15) is 13.2 Å². The maximum atomic E-state index is 14.6. The summed E-state index contributed by atoms with van der Waals surface area (Å²) in [5.41, 5.74) is 1.31. The first-order chi connectivity index (χ1) is 17.1. The zero-order valence-corrected chi connectivity index (χ0v) is 18.7. The van der Waals surface area contributed by atoms with Crippen LogP contribution in [0.15, 0.2) is 46.2 Å². The van der Waals surface area contributed by atoms with E-state index in [1.54, 1.807) is 13.8 Å².